The van der Waals surface area contributed by atoms with E-state index in [9.17, 15) is 19.5 Å². The van der Waals surface area contributed by atoms with Crippen molar-refractivity contribution in [3.8, 4) is 18.1 Å². The summed E-state index contributed by atoms with van der Waals surface area (Å²) in [4.78, 5) is 37.4. The van der Waals surface area contributed by atoms with Crippen LogP contribution >= 0.6 is 0 Å². The lowest BCUT2D eigenvalue weighted by Gasteiger charge is -2.39. The Labute approximate surface area is 145 Å². The highest BCUT2D eigenvalue weighted by atomic mass is 16.4. The van der Waals surface area contributed by atoms with Crippen LogP contribution in [0.4, 0.5) is 0 Å². The molecule has 0 aromatic carbocycles. The van der Waals surface area contributed by atoms with Gasteiger partial charge in [-0.05, 0) is 18.8 Å². The third-order valence-electron chi connectivity index (χ3n) is 4.01. The molecule has 0 bridgehead atoms. The Morgan fingerprint density at radius 3 is 2.64 bits per heavy atom. The Hall–Kier alpha value is -2.95. The van der Waals surface area contributed by atoms with E-state index in [1.54, 1.807) is 0 Å². The van der Waals surface area contributed by atoms with Crippen molar-refractivity contribution in [2.45, 2.75) is 26.7 Å². The van der Waals surface area contributed by atoms with Crippen LogP contribution in [0.5, 0.6) is 5.75 Å². The molecule has 0 atom stereocenters. The first-order chi connectivity index (χ1) is 11.8. The Morgan fingerprint density at radius 2 is 2.08 bits per heavy atom. The number of nitrogens with zero attached hydrogens (tertiary/aromatic N) is 3. The zero-order chi connectivity index (χ0) is 18.7. The molecule has 25 heavy (non-hydrogen) atoms. The summed E-state index contributed by atoms with van der Waals surface area (Å²) in [7, 11) is 0. The van der Waals surface area contributed by atoms with Crippen molar-refractivity contribution in [3.63, 3.8) is 0 Å². The summed E-state index contributed by atoms with van der Waals surface area (Å²) in [5, 5.41) is 20.8. The van der Waals surface area contributed by atoms with Gasteiger partial charge in [-0.2, -0.15) is 0 Å². The number of terminal acetylenes is 1. The molecule has 1 aromatic rings. The Kier molecular flexibility index (Phi) is 5.37. The minimum atomic E-state index is -1.48. The van der Waals surface area contributed by atoms with E-state index in [0.29, 0.717) is 12.5 Å². The minimum absolute atomic E-state index is 0.0856. The molecule has 1 aliphatic rings. The smallest absolute Gasteiger partial charge is 0.341 e. The topological polar surface area (TPSA) is 103 Å². The Balaban J connectivity index is 2.47. The highest BCUT2D eigenvalue weighted by Crippen LogP contribution is 2.21. The number of carbonyl (C=O) groups excluding carboxylic acids is 1. The quantitative estimate of drug-likeness (QED) is 0.733. The van der Waals surface area contributed by atoms with Crippen molar-refractivity contribution >= 4 is 11.9 Å². The highest BCUT2D eigenvalue weighted by molar-refractivity contribution is 5.97. The predicted octanol–water partition coefficient (Wildman–Crippen LogP) is 0.673. The van der Waals surface area contributed by atoms with Crippen LogP contribution < -0.4 is 10.4 Å². The molecule has 134 valence electrons. The van der Waals surface area contributed by atoms with Crippen LogP contribution in [0, 0.1) is 18.3 Å². The summed E-state index contributed by atoms with van der Waals surface area (Å²) < 4.78 is 1.17. The number of fused-ring (bicyclic) bond motifs is 1. The number of carboxylic acid groups (broad SMARTS) is 1. The lowest BCUT2D eigenvalue weighted by atomic mass is 10.1. The summed E-state index contributed by atoms with van der Waals surface area (Å²) in [6.45, 7) is 4.85. The van der Waals surface area contributed by atoms with Crippen molar-refractivity contribution in [2.24, 2.45) is 5.92 Å². The van der Waals surface area contributed by atoms with E-state index in [0.717, 1.165) is 19.0 Å². The van der Waals surface area contributed by atoms with Crippen LogP contribution in [0.25, 0.3) is 0 Å². The van der Waals surface area contributed by atoms with Gasteiger partial charge in [0.1, 0.15) is 12.2 Å². The van der Waals surface area contributed by atoms with Crippen LogP contribution in [0.3, 0.4) is 0 Å². The molecule has 0 radical (unpaired) electrons. The molecule has 0 aliphatic carbocycles. The minimum Gasteiger partial charge on any atom is -0.502 e. The van der Waals surface area contributed by atoms with Gasteiger partial charge in [-0.1, -0.05) is 19.8 Å². The molecule has 0 saturated heterocycles. The fourth-order valence-electron chi connectivity index (χ4n) is 2.74. The molecule has 0 unspecified atom stereocenters. The van der Waals surface area contributed by atoms with Crippen molar-refractivity contribution in [3.05, 3.63) is 27.7 Å². The lowest BCUT2D eigenvalue weighted by molar-refractivity contribution is 0.0664. The van der Waals surface area contributed by atoms with Crippen LogP contribution in [0.15, 0.2) is 11.0 Å². The van der Waals surface area contributed by atoms with Crippen LogP contribution in [-0.4, -0.2) is 51.4 Å². The molecule has 0 saturated carbocycles. The summed E-state index contributed by atoms with van der Waals surface area (Å²) in [5.74, 6) is 0.0375. The Bertz CT molecular complexity index is 791. The maximum absolute atomic E-state index is 12.7. The van der Waals surface area contributed by atoms with E-state index in [-0.39, 0.29) is 18.9 Å². The van der Waals surface area contributed by atoms with Crippen molar-refractivity contribution in [1.82, 2.24) is 9.58 Å². The molecular formula is C17H21N3O5. The van der Waals surface area contributed by atoms with Gasteiger partial charge in [0.25, 0.3) is 5.91 Å². The van der Waals surface area contributed by atoms with Gasteiger partial charge < -0.3 is 15.1 Å². The largest absolute Gasteiger partial charge is 0.502 e. The average molecular weight is 347 g/mol. The summed E-state index contributed by atoms with van der Waals surface area (Å²) >= 11 is 0. The summed E-state index contributed by atoms with van der Waals surface area (Å²) in [6.07, 6.45) is 8.08. The van der Waals surface area contributed by atoms with Gasteiger partial charge in [0.05, 0.1) is 6.54 Å². The van der Waals surface area contributed by atoms with Crippen molar-refractivity contribution < 1.29 is 19.8 Å². The Morgan fingerprint density at radius 1 is 1.40 bits per heavy atom. The summed E-state index contributed by atoms with van der Waals surface area (Å²) in [6, 6.07) is 0. The zero-order valence-electron chi connectivity index (χ0n) is 14.2. The van der Waals surface area contributed by atoms with E-state index >= 15 is 0 Å². The standard InChI is InChI=1S/C17H21N3O5/c1-4-7-19-10-18(8-5-6-11(2)3)16(23)13-15(22)14(21)12(17(24)25)9-20(13)19/h1,9,11,22H,5-8,10H2,2-3H3,(H,24,25). The van der Waals surface area contributed by atoms with Crippen LogP contribution in [0.1, 0.15) is 47.5 Å². The van der Waals surface area contributed by atoms with E-state index in [4.69, 9.17) is 11.5 Å². The number of hydrogen-bond donors (Lipinski definition) is 2. The van der Waals surface area contributed by atoms with Gasteiger partial charge >= 0.3 is 5.97 Å². The van der Waals surface area contributed by atoms with Gasteiger partial charge in [0.15, 0.2) is 11.4 Å². The van der Waals surface area contributed by atoms with Crippen LogP contribution in [0.2, 0.25) is 0 Å². The van der Waals surface area contributed by atoms with Gasteiger partial charge in [-0.3, -0.25) is 19.3 Å². The van der Waals surface area contributed by atoms with E-state index in [1.165, 1.54) is 14.6 Å². The molecule has 0 spiro atoms. The van der Waals surface area contributed by atoms with Gasteiger partial charge in [0.2, 0.25) is 5.43 Å². The SMILES string of the molecule is C#CCN1CN(CCCC(C)C)C(=O)c2c(O)c(=O)c(C(=O)O)cn21. The molecule has 0 fully saturated rings. The molecule has 2 rings (SSSR count). The third-order valence-corrected chi connectivity index (χ3v) is 4.01. The van der Waals surface area contributed by atoms with E-state index in [1.807, 2.05) is 0 Å². The first-order valence-corrected chi connectivity index (χ1v) is 7.97. The van der Waals surface area contributed by atoms with Gasteiger partial charge in [-0.25, -0.2) is 4.79 Å². The fourth-order valence-corrected chi connectivity index (χ4v) is 2.74. The molecule has 8 nitrogen and oxygen atoms in total. The molecule has 1 aromatic heterocycles. The first kappa shape index (κ1) is 18.4. The molecule has 1 amide bonds. The second kappa shape index (κ2) is 7.30. The number of aromatic carboxylic acids is 1. The predicted molar refractivity (Wildman–Crippen MR) is 91.2 cm³/mol. The third kappa shape index (κ3) is 3.60. The average Bonchev–Trinajstić information content (AvgIpc) is 2.53. The number of carbonyl (C=O) groups is 2. The van der Waals surface area contributed by atoms with Gasteiger partial charge in [0, 0.05) is 12.7 Å². The number of aromatic nitrogens is 1. The van der Waals surface area contributed by atoms with E-state index in [2.05, 4.69) is 19.8 Å². The number of hydrogen-bond acceptors (Lipinski definition) is 5. The lowest BCUT2D eigenvalue weighted by Crippen LogP contribution is -2.54. The fraction of sp³-hybridized carbons (Fsp3) is 0.471. The van der Waals surface area contributed by atoms with Crippen molar-refractivity contribution in [1.29, 1.82) is 0 Å². The highest BCUT2D eigenvalue weighted by Gasteiger charge is 2.33. The second-order valence-corrected chi connectivity index (χ2v) is 6.33. The zero-order valence-corrected chi connectivity index (χ0v) is 14.2. The second-order valence-electron chi connectivity index (χ2n) is 6.33. The molecule has 2 N–H and O–H groups in total. The first-order valence-electron chi connectivity index (χ1n) is 7.97. The maximum Gasteiger partial charge on any atom is 0.341 e. The number of carboxylic acids is 1. The van der Waals surface area contributed by atoms with E-state index < -0.39 is 28.6 Å². The number of amides is 1. The molecule has 2 heterocycles. The summed E-state index contributed by atoms with van der Waals surface area (Å²) in [5.41, 5.74) is -1.97. The molecule has 1 aliphatic heterocycles. The number of rotatable bonds is 6. The molecular weight excluding hydrogens is 326 g/mol. The number of pyridine rings is 1. The van der Waals surface area contributed by atoms with Crippen LogP contribution in [-0.2, 0) is 0 Å². The molecule has 8 heteroatoms. The maximum atomic E-state index is 12.7. The number of aromatic hydroxyl groups is 1. The monoisotopic (exact) mass is 347 g/mol. The normalized spacial score (nSPS) is 13.8. The van der Waals surface area contributed by atoms with Gasteiger partial charge in [-0.15, -0.1) is 6.42 Å². The van der Waals surface area contributed by atoms with Crippen molar-refractivity contribution in [2.75, 3.05) is 24.8 Å².